The first-order valence-electron chi connectivity index (χ1n) is 8.59. The maximum atomic E-state index is 13.2. The molecule has 0 unspecified atom stereocenters. The summed E-state index contributed by atoms with van der Waals surface area (Å²) in [5.41, 5.74) is 0.781. The van der Waals surface area contributed by atoms with E-state index in [0.29, 0.717) is 16.2 Å². The van der Waals surface area contributed by atoms with Gasteiger partial charge < -0.3 is 15.2 Å². The third kappa shape index (κ3) is 3.95. The number of rotatable bonds is 5. The van der Waals surface area contributed by atoms with Gasteiger partial charge in [0.25, 0.3) is 0 Å². The highest BCUT2D eigenvalue weighted by Crippen LogP contribution is 2.29. The van der Waals surface area contributed by atoms with E-state index in [0.717, 1.165) is 44.1 Å². The summed E-state index contributed by atoms with van der Waals surface area (Å²) < 4.78 is 26.4. The summed E-state index contributed by atoms with van der Waals surface area (Å²) in [5, 5.41) is 3.56. The van der Waals surface area contributed by atoms with E-state index in [-0.39, 0.29) is 17.7 Å². The predicted octanol–water partition coefficient (Wildman–Crippen LogP) is 2.68. The molecule has 1 saturated heterocycles. The first kappa shape index (κ1) is 16.8. The van der Waals surface area contributed by atoms with Gasteiger partial charge >= 0.3 is 0 Å². The third-order valence-electron chi connectivity index (χ3n) is 4.80. The Kier molecular flexibility index (Phi) is 4.64. The lowest BCUT2D eigenvalue weighted by atomic mass is 10.1. The van der Waals surface area contributed by atoms with Crippen molar-refractivity contribution >= 4 is 28.7 Å². The van der Waals surface area contributed by atoms with Gasteiger partial charge in [0, 0.05) is 37.3 Å². The highest BCUT2D eigenvalue weighted by molar-refractivity contribution is 7.99. The molecule has 2 aromatic rings. The van der Waals surface area contributed by atoms with E-state index < -0.39 is 11.6 Å². The normalized spacial score (nSPS) is 19.4. The fourth-order valence-corrected chi connectivity index (χ4v) is 4.00. The van der Waals surface area contributed by atoms with Gasteiger partial charge in [-0.05, 0) is 25.7 Å². The summed E-state index contributed by atoms with van der Waals surface area (Å²) >= 11 is 1.24. The Hall–Kier alpha value is -1.67. The van der Waals surface area contributed by atoms with Crippen molar-refractivity contribution in [1.29, 1.82) is 0 Å². The zero-order chi connectivity index (χ0) is 17.4. The predicted molar refractivity (Wildman–Crippen MR) is 92.5 cm³/mol. The smallest absolute Gasteiger partial charge is 0.230 e. The number of imidazole rings is 1. The summed E-state index contributed by atoms with van der Waals surface area (Å²) in [7, 11) is 0. The Morgan fingerprint density at radius 2 is 1.96 bits per heavy atom. The van der Waals surface area contributed by atoms with Crippen molar-refractivity contribution in [2.45, 2.75) is 42.9 Å². The number of carbonyl (C=O) groups excluding carboxylic acids is 1. The zero-order valence-electron chi connectivity index (χ0n) is 13.7. The molecule has 5 nitrogen and oxygen atoms in total. The first-order valence-corrected chi connectivity index (χ1v) is 9.58. The number of aromatic nitrogens is 2. The Morgan fingerprint density at radius 1 is 1.24 bits per heavy atom. The van der Waals surface area contributed by atoms with Crippen LogP contribution in [-0.4, -0.2) is 51.7 Å². The lowest BCUT2D eigenvalue weighted by molar-refractivity contribution is -0.119. The van der Waals surface area contributed by atoms with Crippen molar-refractivity contribution in [3.63, 3.8) is 0 Å². The number of nitrogens with one attached hydrogen (secondary N) is 2. The second kappa shape index (κ2) is 6.92. The summed E-state index contributed by atoms with van der Waals surface area (Å²) in [6.45, 7) is 2.12. The lowest BCUT2D eigenvalue weighted by Gasteiger charge is -2.32. The number of amides is 1. The van der Waals surface area contributed by atoms with E-state index in [2.05, 4.69) is 20.2 Å². The van der Waals surface area contributed by atoms with E-state index >= 15 is 0 Å². The van der Waals surface area contributed by atoms with Crippen LogP contribution in [0.3, 0.4) is 0 Å². The summed E-state index contributed by atoms with van der Waals surface area (Å²) in [6.07, 6.45) is 4.63. The number of nitrogens with zero attached hydrogens (tertiary/aromatic N) is 2. The van der Waals surface area contributed by atoms with E-state index in [1.165, 1.54) is 24.6 Å². The second-order valence-electron chi connectivity index (χ2n) is 6.72. The minimum absolute atomic E-state index is 0.0345. The minimum Gasteiger partial charge on any atom is -0.353 e. The van der Waals surface area contributed by atoms with Gasteiger partial charge in [-0.3, -0.25) is 4.79 Å². The fourth-order valence-electron chi connectivity index (χ4n) is 3.30. The maximum absolute atomic E-state index is 13.2. The number of benzene rings is 1. The van der Waals surface area contributed by atoms with Crippen LogP contribution in [0.5, 0.6) is 0 Å². The SMILES string of the molecule is O=C(CSc1nc2cc(F)c(F)cc2[nH]1)NC1CCN(C2CC2)CC1. The summed E-state index contributed by atoms with van der Waals surface area (Å²) in [5.74, 6) is -1.64. The highest BCUT2D eigenvalue weighted by Gasteiger charge is 2.32. The molecule has 1 aromatic heterocycles. The highest BCUT2D eigenvalue weighted by atomic mass is 32.2. The molecular weight excluding hydrogens is 346 g/mol. The van der Waals surface area contributed by atoms with Crippen LogP contribution in [-0.2, 0) is 4.79 Å². The summed E-state index contributed by atoms with van der Waals surface area (Å²) in [4.78, 5) is 21.7. The number of halogens is 2. The molecule has 2 aliphatic rings. The molecule has 2 heterocycles. The van der Waals surface area contributed by atoms with E-state index in [4.69, 9.17) is 0 Å². The van der Waals surface area contributed by atoms with Gasteiger partial charge in [-0.15, -0.1) is 0 Å². The number of carbonyl (C=O) groups is 1. The van der Waals surface area contributed by atoms with Crippen LogP contribution in [0.1, 0.15) is 25.7 Å². The van der Waals surface area contributed by atoms with Gasteiger partial charge in [0.05, 0.1) is 16.8 Å². The molecule has 1 aromatic carbocycles. The van der Waals surface area contributed by atoms with Gasteiger partial charge in [0.2, 0.25) is 5.91 Å². The quantitative estimate of drug-likeness (QED) is 0.799. The molecular formula is C17H20F2N4OS. The molecule has 2 N–H and O–H groups in total. The van der Waals surface area contributed by atoms with E-state index in [1.54, 1.807) is 0 Å². The van der Waals surface area contributed by atoms with Crippen LogP contribution in [0.4, 0.5) is 8.78 Å². The topological polar surface area (TPSA) is 61.0 Å². The average Bonchev–Trinajstić information content (AvgIpc) is 3.36. The van der Waals surface area contributed by atoms with Crippen molar-refractivity contribution in [2.24, 2.45) is 0 Å². The molecule has 1 saturated carbocycles. The van der Waals surface area contributed by atoms with Crippen LogP contribution < -0.4 is 5.32 Å². The lowest BCUT2D eigenvalue weighted by Crippen LogP contribution is -2.45. The van der Waals surface area contributed by atoms with Crippen LogP contribution in [0.2, 0.25) is 0 Å². The van der Waals surface area contributed by atoms with Crippen LogP contribution in [0.25, 0.3) is 11.0 Å². The fraction of sp³-hybridized carbons (Fsp3) is 0.529. The molecule has 0 radical (unpaired) electrons. The summed E-state index contributed by atoms with van der Waals surface area (Å²) in [6, 6.07) is 3.16. The standard InChI is InChI=1S/C17H20F2N4OS/c18-12-7-14-15(8-13(12)19)22-17(21-14)25-9-16(24)20-10-3-5-23(6-4-10)11-1-2-11/h7-8,10-11H,1-6,9H2,(H,20,24)(H,21,22). The molecule has 2 fully saturated rings. The molecule has 1 aliphatic heterocycles. The van der Waals surface area contributed by atoms with Gasteiger partial charge in [-0.1, -0.05) is 11.8 Å². The van der Waals surface area contributed by atoms with Crippen LogP contribution >= 0.6 is 11.8 Å². The van der Waals surface area contributed by atoms with Crippen molar-refractivity contribution in [3.8, 4) is 0 Å². The average molecular weight is 366 g/mol. The number of likely N-dealkylation sites (tertiary alicyclic amines) is 1. The van der Waals surface area contributed by atoms with E-state index in [9.17, 15) is 13.6 Å². The Bertz CT molecular complexity index is 745. The monoisotopic (exact) mass is 366 g/mol. The van der Waals surface area contributed by atoms with Gasteiger partial charge in [0.1, 0.15) is 0 Å². The zero-order valence-corrected chi connectivity index (χ0v) is 14.5. The molecule has 0 bridgehead atoms. The first-order chi connectivity index (χ1) is 12.1. The molecule has 0 spiro atoms. The largest absolute Gasteiger partial charge is 0.353 e. The number of aromatic amines is 1. The minimum atomic E-state index is -0.925. The Labute approximate surface area is 148 Å². The molecule has 134 valence electrons. The van der Waals surface area contributed by atoms with Gasteiger partial charge in [-0.25, -0.2) is 13.8 Å². The molecule has 4 rings (SSSR count). The Morgan fingerprint density at radius 3 is 2.68 bits per heavy atom. The van der Waals surface area contributed by atoms with Crippen molar-refractivity contribution in [2.75, 3.05) is 18.8 Å². The van der Waals surface area contributed by atoms with Gasteiger partial charge in [0.15, 0.2) is 16.8 Å². The molecule has 25 heavy (non-hydrogen) atoms. The number of piperidine rings is 1. The maximum Gasteiger partial charge on any atom is 0.230 e. The number of thioether (sulfide) groups is 1. The van der Waals surface area contributed by atoms with Gasteiger partial charge in [-0.2, -0.15) is 0 Å². The Balaban J connectivity index is 1.27. The van der Waals surface area contributed by atoms with E-state index in [1.807, 2.05) is 0 Å². The number of fused-ring (bicyclic) bond motifs is 1. The van der Waals surface area contributed by atoms with Crippen molar-refractivity contribution < 1.29 is 13.6 Å². The van der Waals surface area contributed by atoms with Crippen LogP contribution in [0.15, 0.2) is 17.3 Å². The second-order valence-corrected chi connectivity index (χ2v) is 7.69. The molecule has 0 atom stereocenters. The van der Waals surface area contributed by atoms with Crippen LogP contribution in [0, 0.1) is 11.6 Å². The third-order valence-corrected chi connectivity index (χ3v) is 5.67. The molecule has 8 heteroatoms. The molecule has 1 amide bonds. The number of hydrogen-bond acceptors (Lipinski definition) is 4. The number of hydrogen-bond donors (Lipinski definition) is 2. The number of H-pyrrole nitrogens is 1. The van der Waals surface area contributed by atoms with Crippen molar-refractivity contribution in [3.05, 3.63) is 23.8 Å². The molecule has 1 aliphatic carbocycles. The van der Waals surface area contributed by atoms with Crippen molar-refractivity contribution in [1.82, 2.24) is 20.2 Å².